The maximum absolute atomic E-state index is 12.9. The third-order valence-corrected chi connectivity index (χ3v) is 2.87. The molecular weight excluding hydrogens is 210 g/mol. The zero-order valence-electron chi connectivity index (χ0n) is 9.10. The Hall–Kier alpha value is -1.00. The van der Waals surface area contributed by atoms with Crippen molar-refractivity contribution in [1.29, 1.82) is 0 Å². The summed E-state index contributed by atoms with van der Waals surface area (Å²) in [5.74, 6) is -1.57. The second kappa shape index (κ2) is 5.37. The van der Waals surface area contributed by atoms with Crippen LogP contribution in [-0.4, -0.2) is 19.1 Å². The van der Waals surface area contributed by atoms with Crippen LogP contribution < -0.4 is 10.6 Å². The molecule has 0 aliphatic carbocycles. The fourth-order valence-electron chi connectivity index (χ4n) is 1.97. The van der Waals surface area contributed by atoms with E-state index in [2.05, 4.69) is 10.6 Å². The van der Waals surface area contributed by atoms with Gasteiger partial charge in [-0.15, -0.1) is 0 Å². The molecule has 1 aliphatic heterocycles. The van der Waals surface area contributed by atoms with Gasteiger partial charge in [0.1, 0.15) is 0 Å². The first-order valence-corrected chi connectivity index (χ1v) is 5.64. The van der Waals surface area contributed by atoms with E-state index in [1.807, 2.05) is 0 Å². The van der Waals surface area contributed by atoms with E-state index in [4.69, 9.17) is 0 Å². The lowest BCUT2D eigenvalue weighted by Crippen LogP contribution is -2.33. The summed E-state index contributed by atoms with van der Waals surface area (Å²) >= 11 is 0. The van der Waals surface area contributed by atoms with E-state index in [0.29, 0.717) is 12.6 Å². The van der Waals surface area contributed by atoms with Crippen LogP contribution in [0.3, 0.4) is 0 Å². The molecule has 0 spiro atoms. The van der Waals surface area contributed by atoms with Crippen LogP contribution in [0.2, 0.25) is 0 Å². The molecule has 1 atom stereocenters. The summed E-state index contributed by atoms with van der Waals surface area (Å²) in [5.41, 5.74) is 0.775. The van der Waals surface area contributed by atoms with Crippen LogP contribution in [0.1, 0.15) is 18.4 Å². The molecule has 2 N–H and O–H groups in total. The van der Waals surface area contributed by atoms with Gasteiger partial charge in [0.2, 0.25) is 0 Å². The van der Waals surface area contributed by atoms with Crippen molar-refractivity contribution in [2.24, 2.45) is 0 Å². The molecule has 0 amide bonds. The number of nitrogens with one attached hydrogen (secondary N) is 2. The molecule has 1 saturated heterocycles. The van der Waals surface area contributed by atoms with Crippen molar-refractivity contribution in [3.8, 4) is 0 Å². The van der Waals surface area contributed by atoms with Gasteiger partial charge in [-0.3, -0.25) is 0 Å². The lowest BCUT2D eigenvalue weighted by molar-refractivity contribution is 0.503. The number of hydrogen-bond acceptors (Lipinski definition) is 2. The van der Waals surface area contributed by atoms with Gasteiger partial charge in [-0.2, -0.15) is 0 Å². The molecular formula is C12H16F2N2. The summed E-state index contributed by atoms with van der Waals surface area (Å²) in [7, 11) is 0. The molecule has 0 saturated carbocycles. The maximum Gasteiger partial charge on any atom is 0.159 e. The molecule has 16 heavy (non-hydrogen) atoms. The number of hydrogen-bond donors (Lipinski definition) is 2. The van der Waals surface area contributed by atoms with E-state index in [9.17, 15) is 8.78 Å². The van der Waals surface area contributed by atoms with Crippen molar-refractivity contribution < 1.29 is 8.78 Å². The van der Waals surface area contributed by atoms with Crippen LogP contribution in [0.4, 0.5) is 8.78 Å². The summed E-state index contributed by atoms with van der Waals surface area (Å²) in [5, 5.41) is 6.61. The molecule has 1 aromatic carbocycles. The zero-order valence-corrected chi connectivity index (χ0v) is 9.10. The topological polar surface area (TPSA) is 24.1 Å². The van der Waals surface area contributed by atoms with Crippen LogP contribution in [0.5, 0.6) is 0 Å². The largest absolute Gasteiger partial charge is 0.313 e. The minimum Gasteiger partial charge on any atom is -0.313 e. The second-order valence-corrected chi connectivity index (χ2v) is 4.17. The van der Waals surface area contributed by atoms with Crippen molar-refractivity contribution in [2.45, 2.75) is 25.4 Å². The average molecular weight is 226 g/mol. The summed E-state index contributed by atoms with van der Waals surface area (Å²) < 4.78 is 25.6. The monoisotopic (exact) mass is 226 g/mol. The van der Waals surface area contributed by atoms with Gasteiger partial charge in [0, 0.05) is 19.1 Å². The molecule has 1 aliphatic rings. The Morgan fingerprint density at radius 1 is 1.31 bits per heavy atom. The fraction of sp³-hybridized carbons (Fsp3) is 0.500. The van der Waals surface area contributed by atoms with Crippen LogP contribution >= 0.6 is 0 Å². The van der Waals surface area contributed by atoms with Gasteiger partial charge in [-0.1, -0.05) is 6.07 Å². The summed E-state index contributed by atoms with van der Waals surface area (Å²) in [6, 6.07) is 4.53. The second-order valence-electron chi connectivity index (χ2n) is 4.17. The first kappa shape index (κ1) is 11.5. The third-order valence-electron chi connectivity index (χ3n) is 2.87. The SMILES string of the molecule is Fc1ccc(CNCC2CCCN2)cc1F. The van der Waals surface area contributed by atoms with E-state index in [1.165, 1.54) is 25.0 Å². The van der Waals surface area contributed by atoms with Gasteiger partial charge >= 0.3 is 0 Å². The standard InChI is InChI=1S/C12H16F2N2/c13-11-4-3-9(6-12(11)14)7-15-8-10-2-1-5-16-10/h3-4,6,10,15-16H,1-2,5,7-8H2. The van der Waals surface area contributed by atoms with E-state index in [1.54, 1.807) is 6.07 Å². The molecule has 88 valence electrons. The van der Waals surface area contributed by atoms with Gasteiger partial charge in [0.25, 0.3) is 0 Å². The van der Waals surface area contributed by atoms with E-state index in [0.717, 1.165) is 18.7 Å². The molecule has 0 bridgehead atoms. The Bertz CT molecular complexity index is 349. The van der Waals surface area contributed by atoms with Gasteiger partial charge in [0.15, 0.2) is 11.6 Å². The first-order valence-electron chi connectivity index (χ1n) is 5.64. The highest BCUT2D eigenvalue weighted by Crippen LogP contribution is 2.09. The highest BCUT2D eigenvalue weighted by Gasteiger charge is 2.12. The molecule has 1 fully saturated rings. The smallest absolute Gasteiger partial charge is 0.159 e. The van der Waals surface area contributed by atoms with Crippen LogP contribution in [-0.2, 0) is 6.54 Å². The Morgan fingerprint density at radius 3 is 2.88 bits per heavy atom. The molecule has 0 aromatic heterocycles. The predicted octanol–water partition coefficient (Wildman–Crippen LogP) is 1.81. The van der Waals surface area contributed by atoms with Gasteiger partial charge in [0.05, 0.1) is 0 Å². The Kier molecular flexibility index (Phi) is 3.85. The van der Waals surface area contributed by atoms with Crippen LogP contribution in [0.25, 0.3) is 0 Å². The Labute approximate surface area is 94.0 Å². The molecule has 2 rings (SSSR count). The number of halogens is 2. The average Bonchev–Trinajstić information content (AvgIpc) is 2.76. The minimum absolute atomic E-state index is 0.519. The Morgan fingerprint density at radius 2 is 2.19 bits per heavy atom. The van der Waals surface area contributed by atoms with E-state index in [-0.39, 0.29) is 0 Å². The highest BCUT2D eigenvalue weighted by molar-refractivity contribution is 5.17. The lowest BCUT2D eigenvalue weighted by Gasteiger charge is -2.11. The maximum atomic E-state index is 12.9. The highest BCUT2D eigenvalue weighted by atomic mass is 19.2. The van der Waals surface area contributed by atoms with Gasteiger partial charge in [-0.25, -0.2) is 8.78 Å². The number of rotatable bonds is 4. The van der Waals surface area contributed by atoms with Crippen molar-refractivity contribution in [3.63, 3.8) is 0 Å². The lowest BCUT2D eigenvalue weighted by atomic mass is 10.2. The molecule has 4 heteroatoms. The van der Waals surface area contributed by atoms with Crippen molar-refractivity contribution in [1.82, 2.24) is 10.6 Å². The van der Waals surface area contributed by atoms with Crippen molar-refractivity contribution >= 4 is 0 Å². The Balaban J connectivity index is 1.78. The molecule has 2 nitrogen and oxygen atoms in total. The summed E-state index contributed by atoms with van der Waals surface area (Å²) in [4.78, 5) is 0. The van der Waals surface area contributed by atoms with Gasteiger partial charge < -0.3 is 10.6 Å². The van der Waals surface area contributed by atoms with Crippen molar-refractivity contribution in [2.75, 3.05) is 13.1 Å². The molecule has 1 unspecified atom stereocenters. The first-order chi connectivity index (χ1) is 7.75. The molecule has 1 heterocycles. The predicted molar refractivity (Wildman–Crippen MR) is 59.1 cm³/mol. The zero-order chi connectivity index (χ0) is 11.4. The minimum atomic E-state index is -0.791. The number of benzene rings is 1. The van der Waals surface area contributed by atoms with E-state index >= 15 is 0 Å². The van der Waals surface area contributed by atoms with Crippen molar-refractivity contribution in [3.05, 3.63) is 35.4 Å². The summed E-state index contributed by atoms with van der Waals surface area (Å²) in [6.07, 6.45) is 2.41. The van der Waals surface area contributed by atoms with Gasteiger partial charge in [-0.05, 0) is 37.1 Å². The molecule has 1 aromatic rings. The third kappa shape index (κ3) is 3.00. The normalized spacial score (nSPS) is 20.2. The van der Waals surface area contributed by atoms with E-state index < -0.39 is 11.6 Å². The van der Waals surface area contributed by atoms with Crippen LogP contribution in [0, 0.1) is 11.6 Å². The van der Waals surface area contributed by atoms with Crippen LogP contribution in [0.15, 0.2) is 18.2 Å². The fourth-order valence-corrected chi connectivity index (χ4v) is 1.97. The quantitative estimate of drug-likeness (QED) is 0.818. The molecule has 0 radical (unpaired) electrons. The summed E-state index contributed by atoms with van der Waals surface area (Å²) in [6.45, 7) is 2.53.